The van der Waals surface area contributed by atoms with Gasteiger partial charge in [-0.05, 0) is 13.8 Å². The van der Waals surface area contributed by atoms with Gasteiger partial charge in [-0.1, -0.05) is 0 Å². The van der Waals surface area contributed by atoms with Gasteiger partial charge in [0.05, 0.1) is 12.5 Å². The van der Waals surface area contributed by atoms with Crippen LogP contribution in [0, 0.1) is 5.41 Å². The Bertz CT molecular complexity index is 171. The minimum absolute atomic E-state index is 0.320. The van der Waals surface area contributed by atoms with Crippen LogP contribution in [0.1, 0.15) is 20.3 Å². The van der Waals surface area contributed by atoms with Crippen molar-refractivity contribution < 1.29 is 19.4 Å². The Morgan fingerprint density at radius 3 is 2.18 bits per heavy atom. The zero-order valence-electron chi connectivity index (χ0n) is 6.84. The monoisotopic (exact) mass is 159 g/mol. The Labute approximate surface area is 65.2 Å². The van der Waals surface area contributed by atoms with Crippen LogP contribution in [0.2, 0.25) is 0 Å². The second-order valence-corrected chi connectivity index (χ2v) is 2.92. The highest BCUT2D eigenvalue weighted by molar-refractivity contribution is 5.81. The number of carbonyl (C=O) groups is 2. The van der Waals surface area contributed by atoms with Crippen molar-refractivity contribution in [2.75, 3.05) is 7.11 Å². The lowest BCUT2D eigenvalue weighted by molar-refractivity contribution is -0.307. The third-order valence-electron chi connectivity index (χ3n) is 1.32. The molecule has 0 aromatic carbocycles. The number of carbonyl (C=O) groups excluding carboxylic acids is 2. The molecule has 0 saturated carbocycles. The van der Waals surface area contributed by atoms with Gasteiger partial charge in [-0.25, -0.2) is 0 Å². The van der Waals surface area contributed by atoms with E-state index in [1.807, 2.05) is 0 Å². The lowest BCUT2D eigenvalue weighted by atomic mass is 9.90. The number of carboxylic acid groups (broad SMARTS) is 1. The molecule has 0 heterocycles. The maximum absolute atomic E-state index is 10.9. The van der Waals surface area contributed by atoms with E-state index < -0.39 is 17.4 Å². The highest BCUT2D eigenvalue weighted by Crippen LogP contribution is 2.20. The lowest BCUT2D eigenvalue weighted by Crippen LogP contribution is -2.34. The van der Waals surface area contributed by atoms with E-state index in [0.717, 1.165) is 0 Å². The van der Waals surface area contributed by atoms with Crippen molar-refractivity contribution in [3.8, 4) is 0 Å². The molecule has 0 N–H and O–H groups in total. The first kappa shape index (κ1) is 9.94. The number of esters is 1. The van der Waals surface area contributed by atoms with Gasteiger partial charge >= 0.3 is 5.97 Å². The Morgan fingerprint density at radius 1 is 1.45 bits per heavy atom. The molecule has 0 aromatic heterocycles. The van der Waals surface area contributed by atoms with Crippen LogP contribution in [0.5, 0.6) is 0 Å². The molecule has 0 aliphatic carbocycles. The van der Waals surface area contributed by atoms with Crippen molar-refractivity contribution in [3.63, 3.8) is 0 Å². The molecule has 0 aliphatic rings. The molecule has 0 amide bonds. The summed E-state index contributed by atoms with van der Waals surface area (Å²) in [4.78, 5) is 21.0. The predicted molar refractivity (Wildman–Crippen MR) is 35.4 cm³/mol. The van der Waals surface area contributed by atoms with Crippen molar-refractivity contribution in [3.05, 3.63) is 0 Å². The first-order valence-corrected chi connectivity index (χ1v) is 3.18. The van der Waals surface area contributed by atoms with Crippen LogP contribution in [0.4, 0.5) is 0 Å². The fourth-order valence-corrected chi connectivity index (χ4v) is 0.709. The number of aliphatic carboxylic acids is 1. The van der Waals surface area contributed by atoms with Crippen LogP contribution in [-0.2, 0) is 14.3 Å². The van der Waals surface area contributed by atoms with E-state index in [4.69, 9.17) is 0 Å². The Hall–Kier alpha value is -1.06. The summed E-state index contributed by atoms with van der Waals surface area (Å²) in [5.74, 6) is -1.79. The normalized spacial score (nSPS) is 10.8. The standard InChI is InChI=1S/C7H12O4/c1-7(2,4-5(8)9)6(10)11-3/h4H2,1-3H3,(H,8,9)/p-1. The third-order valence-corrected chi connectivity index (χ3v) is 1.32. The molecule has 64 valence electrons. The predicted octanol–water partition coefficient (Wildman–Crippen LogP) is -0.674. The minimum atomic E-state index is -1.25. The highest BCUT2D eigenvalue weighted by Gasteiger charge is 2.28. The number of carboxylic acids is 1. The molecular weight excluding hydrogens is 148 g/mol. The Morgan fingerprint density at radius 2 is 1.91 bits per heavy atom. The molecule has 0 radical (unpaired) electrons. The van der Waals surface area contributed by atoms with Crippen molar-refractivity contribution in [1.29, 1.82) is 0 Å². The molecule has 0 aliphatic heterocycles. The molecule has 0 rings (SSSR count). The van der Waals surface area contributed by atoms with Crippen LogP contribution >= 0.6 is 0 Å². The van der Waals surface area contributed by atoms with Crippen molar-refractivity contribution >= 4 is 11.9 Å². The molecule has 0 spiro atoms. The quantitative estimate of drug-likeness (QED) is 0.512. The first-order valence-electron chi connectivity index (χ1n) is 3.18. The zero-order valence-corrected chi connectivity index (χ0v) is 6.84. The minimum Gasteiger partial charge on any atom is -0.550 e. The fraction of sp³-hybridized carbons (Fsp3) is 0.714. The van der Waals surface area contributed by atoms with Gasteiger partial charge in [0.2, 0.25) is 0 Å². The number of rotatable bonds is 3. The maximum atomic E-state index is 10.9. The van der Waals surface area contributed by atoms with E-state index >= 15 is 0 Å². The second-order valence-electron chi connectivity index (χ2n) is 2.92. The molecule has 0 fully saturated rings. The topological polar surface area (TPSA) is 66.4 Å². The molecule has 0 unspecified atom stereocenters. The number of hydrogen-bond donors (Lipinski definition) is 0. The average molecular weight is 159 g/mol. The number of methoxy groups -OCH3 is 1. The summed E-state index contributed by atoms with van der Waals surface area (Å²) < 4.78 is 4.39. The van der Waals surface area contributed by atoms with E-state index in [0.29, 0.717) is 0 Å². The van der Waals surface area contributed by atoms with Gasteiger partial charge in [0.1, 0.15) is 0 Å². The highest BCUT2D eigenvalue weighted by atomic mass is 16.5. The van der Waals surface area contributed by atoms with Gasteiger partial charge in [-0.15, -0.1) is 0 Å². The van der Waals surface area contributed by atoms with Crippen molar-refractivity contribution in [2.24, 2.45) is 5.41 Å². The fourth-order valence-electron chi connectivity index (χ4n) is 0.709. The van der Waals surface area contributed by atoms with E-state index in [-0.39, 0.29) is 6.42 Å². The summed E-state index contributed by atoms with van der Waals surface area (Å²) in [6.45, 7) is 2.99. The molecular formula is C7H11O4-. The molecule has 0 bridgehead atoms. The molecule has 0 aromatic rings. The van der Waals surface area contributed by atoms with Crippen LogP contribution in [0.3, 0.4) is 0 Å². The third kappa shape index (κ3) is 3.02. The van der Waals surface area contributed by atoms with E-state index in [1.54, 1.807) is 0 Å². The zero-order chi connectivity index (χ0) is 9.07. The summed E-state index contributed by atoms with van der Waals surface area (Å²) in [7, 11) is 1.22. The molecule has 11 heavy (non-hydrogen) atoms. The van der Waals surface area contributed by atoms with Crippen LogP contribution in [-0.4, -0.2) is 19.0 Å². The first-order chi connectivity index (χ1) is 4.90. The van der Waals surface area contributed by atoms with Gasteiger partial charge in [-0.3, -0.25) is 4.79 Å². The summed E-state index contributed by atoms with van der Waals surface area (Å²) in [5, 5.41) is 10.1. The van der Waals surface area contributed by atoms with E-state index in [9.17, 15) is 14.7 Å². The van der Waals surface area contributed by atoms with E-state index in [2.05, 4.69) is 4.74 Å². The summed E-state index contributed by atoms with van der Waals surface area (Å²) in [5.41, 5.74) is -0.992. The smallest absolute Gasteiger partial charge is 0.311 e. The number of hydrogen-bond acceptors (Lipinski definition) is 4. The average Bonchev–Trinajstić information content (AvgIpc) is 1.83. The van der Waals surface area contributed by atoms with Crippen molar-refractivity contribution in [2.45, 2.75) is 20.3 Å². The SMILES string of the molecule is COC(=O)C(C)(C)CC(=O)[O-]. The summed E-state index contributed by atoms with van der Waals surface area (Å²) in [6.07, 6.45) is -0.320. The Balaban J connectivity index is 4.21. The lowest BCUT2D eigenvalue weighted by Gasteiger charge is -2.21. The Kier molecular flexibility index (Phi) is 3.04. The second kappa shape index (κ2) is 3.37. The molecule has 0 atom stereocenters. The van der Waals surface area contributed by atoms with Gasteiger partial charge < -0.3 is 14.6 Å². The molecule has 0 saturated heterocycles. The molecule has 4 nitrogen and oxygen atoms in total. The van der Waals surface area contributed by atoms with Crippen LogP contribution < -0.4 is 5.11 Å². The van der Waals surface area contributed by atoms with E-state index in [1.165, 1.54) is 21.0 Å². The van der Waals surface area contributed by atoms with Crippen LogP contribution in [0.25, 0.3) is 0 Å². The van der Waals surface area contributed by atoms with Gasteiger partial charge in [0.15, 0.2) is 0 Å². The van der Waals surface area contributed by atoms with Crippen LogP contribution in [0.15, 0.2) is 0 Å². The largest absolute Gasteiger partial charge is 0.550 e. The number of ether oxygens (including phenoxy) is 1. The van der Waals surface area contributed by atoms with Gasteiger partial charge in [0, 0.05) is 12.4 Å². The maximum Gasteiger partial charge on any atom is 0.311 e. The van der Waals surface area contributed by atoms with Gasteiger partial charge in [-0.2, -0.15) is 0 Å². The van der Waals surface area contributed by atoms with Crippen molar-refractivity contribution in [1.82, 2.24) is 0 Å². The summed E-state index contributed by atoms with van der Waals surface area (Å²) in [6, 6.07) is 0. The van der Waals surface area contributed by atoms with Gasteiger partial charge in [0.25, 0.3) is 0 Å². The summed E-state index contributed by atoms with van der Waals surface area (Å²) >= 11 is 0. The molecule has 4 heteroatoms.